The Balaban J connectivity index is 2.77. The molecule has 0 aromatic heterocycles. The van der Waals surface area contributed by atoms with Crippen LogP contribution in [-0.4, -0.2) is 55.8 Å². The molecule has 2 unspecified atom stereocenters. The lowest BCUT2D eigenvalue weighted by Gasteiger charge is -2.39. The van der Waals surface area contributed by atoms with Gasteiger partial charge in [0, 0.05) is 32.2 Å². The van der Waals surface area contributed by atoms with Crippen molar-refractivity contribution in [3.63, 3.8) is 0 Å². The van der Waals surface area contributed by atoms with E-state index in [-0.39, 0.29) is 6.04 Å². The molecule has 6 heteroatoms. The summed E-state index contributed by atoms with van der Waals surface area (Å²) >= 11 is 0. The highest BCUT2D eigenvalue weighted by molar-refractivity contribution is 7.86. The van der Waals surface area contributed by atoms with Crippen LogP contribution in [-0.2, 0) is 10.2 Å². The van der Waals surface area contributed by atoms with Gasteiger partial charge in [-0.2, -0.15) is 17.0 Å². The summed E-state index contributed by atoms with van der Waals surface area (Å²) in [6, 6.07) is 0.447. The van der Waals surface area contributed by atoms with Crippen molar-refractivity contribution < 1.29 is 8.42 Å². The van der Waals surface area contributed by atoms with Crippen molar-refractivity contribution in [2.24, 2.45) is 5.92 Å². The van der Waals surface area contributed by atoms with Gasteiger partial charge in [0.05, 0.1) is 0 Å². The normalized spacial score (nSPS) is 26.3. The van der Waals surface area contributed by atoms with Gasteiger partial charge in [0.15, 0.2) is 0 Å². The van der Waals surface area contributed by atoms with Crippen LogP contribution in [0.15, 0.2) is 0 Å². The Labute approximate surface area is 118 Å². The molecule has 1 heterocycles. The van der Waals surface area contributed by atoms with E-state index < -0.39 is 10.2 Å². The molecule has 1 aliphatic heterocycles. The average molecular weight is 291 g/mol. The zero-order valence-electron chi connectivity index (χ0n) is 12.9. The Morgan fingerprint density at radius 2 is 2.00 bits per heavy atom. The third-order valence-corrected chi connectivity index (χ3v) is 6.24. The maximum atomic E-state index is 12.5. The molecule has 0 saturated carbocycles. The second kappa shape index (κ2) is 7.02. The topological polar surface area (TPSA) is 52.7 Å². The third kappa shape index (κ3) is 3.90. The van der Waals surface area contributed by atoms with Crippen LogP contribution in [0.2, 0.25) is 0 Å². The van der Waals surface area contributed by atoms with Crippen LogP contribution in [0.25, 0.3) is 0 Å². The predicted octanol–water partition coefficient (Wildman–Crippen LogP) is 1.28. The molecule has 0 aromatic rings. The van der Waals surface area contributed by atoms with E-state index in [1.807, 2.05) is 13.8 Å². The fourth-order valence-electron chi connectivity index (χ4n) is 2.60. The largest absolute Gasteiger partial charge is 0.314 e. The van der Waals surface area contributed by atoms with E-state index in [9.17, 15) is 8.42 Å². The van der Waals surface area contributed by atoms with E-state index in [4.69, 9.17) is 0 Å². The molecule has 114 valence electrons. The zero-order chi connectivity index (χ0) is 14.6. The van der Waals surface area contributed by atoms with E-state index in [0.717, 1.165) is 19.4 Å². The van der Waals surface area contributed by atoms with Gasteiger partial charge in [-0.05, 0) is 32.7 Å². The zero-order valence-corrected chi connectivity index (χ0v) is 13.7. The molecule has 5 nitrogen and oxygen atoms in total. The predicted molar refractivity (Wildman–Crippen MR) is 79.3 cm³/mol. The van der Waals surface area contributed by atoms with E-state index in [0.29, 0.717) is 25.0 Å². The molecule has 19 heavy (non-hydrogen) atoms. The lowest BCUT2D eigenvalue weighted by molar-refractivity contribution is 0.193. The highest BCUT2D eigenvalue weighted by atomic mass is 32.2. The Kier molecular flexibility index (Phi) is 6.23. The molecule has 0 aromatic carbocycles. The standard InChI is InChI=1S/C13H29N3O2S/c1-6-12-10-16(9-8-13(12)14-7-2)19(17,18)15(5)11(3)4/h11-14H,6-10H2,1-5H3. The molecule has 1 N–H and O–H groups in total. The van der Waals surface area contributed by atoms with Crippen LogP contribution >= 0.6 is 0 Å². The van der Waals surface area contributed by atoms with Gasteiger partial charge in [-0.1, -0.05) is 20.3 Å². The van der Waals surface area contributed by atoms with Crippen LogP contribution in [0.3, 0.4) is 0 Å². The van der Waals surface area contributed by atoms with Crippen LogP contribution in [0.1, 0.15) is 40.5 Å². The summed E-state index contributed by atoms with van der Waals surface area (Å²) in [6.07, 6.45) is 1.91. The van der Waals surface area contributed by atoms with Gasteiger partial charge in [-0.25, -0.2) is 0 Å². The average Bonchev–Trinajstić information content (AvgIpc) is 2.38. The number of rotatable bonds is 6. The Morgan fingerprint density at radius 1 is 1.37 bits per heavy atom. The highest BCUT2D eigenvalue weighted by Crippen LogP contribution is 2.24. The van der Waals surface area contributed by atoms with Crippen molar-refractivity contribution in [3.8, 4) is 0 Å². The van der Waals surface area contributed by atoms with E-state index in [1.165, 1.54) is 4.31 Å². The molecule has 0 aliphatic carbocycles. The van der Waals surface area contributed by atoms with Gasteiger partial charge in [-0.15, -0.1) is 0 Å². The first-order valence-electron chi connectivity index (χ1n) is 7.31. The van der Waals surface area contributed by atoms with Crippen LogP contribution in [0.4, 0.5) is 0 Å². The van der Waals surface area contributed by atoms with Crippen molar-refractivity contribution in [2.75, 3.05) is 26.7 Å². The Morgan fingerprint density at radius 3 is 2.47 bits per heavy atom. The maximum absolute atomic E-state index is 12.5. The second-order valence-electron chi connectivity index (χ2n) is 5.60. The van der Waals surface area contributed by atoms with E-state index >= 15 is 0 Å². The first kappa shape index (κ1) is 16.9. The minimum atomic E-state index is -3.30. The van der Waals surface area contributed by atoms with Gasteiger partial charge < -0.3 is 5.32 Å². The lowest BCUT2D eigenvalue weighted by Crippen LogP contribution is -2.54. The summed E-state index contributed by atoms with van der Waals surface area (Å²) in [5.74, 6) is 0.407. The van der Waals surface area contributed by atoms with Crippen molar-refractivity contribution in [2.45, 2.75) is 52.6 Å². The number of nitrogens with zero attached hydrogens (tertiary/aromatic N) is 2. The molecule has 0 spiro atoms. The maximum Gasteiger partial charge on any atom is 0.281 e. The fraction of sp³-hybridized carbons (Fsp3) is 1.00. The molecular formula is C13H29N3O2S. The number of nitrogens with one attached hydrogen (secondary N) is 1. The van der Waals surface area contributed by atoms with Crippen molar-refractivity contribution in [1.82, 2.24) is 13.9 Å². The fourth-order valence-corrected chi connectivity index (χ4v) is 4.21. The first-order valence-corrected chi connectivity index (χ1v) is 8.70. The van der Waals surface area contributed by atoms with E-state index in [1.54, 1.807) is 11.4 Å². The van der Waals surface area contributed by atoms with Crippen LogP contribution in [0.5, 0.6) is 0 Å². The number of hydrogen-bond acceptors (Lipinski definition) is 3. The van der Waals surface area contributed by atoms with Crippen molar-refractivity contribution in [1.29, 1.82) is 0 Å². The van der Waals surface area contributed by atoms with Gasteiger partial charge in [0.25, 0.3) is 10.2 Å². The van der Waals surface area contributed by atoms with E-state index in [2.05, 4.69) is 19.2 Å². The minimum Gasteiger partial charge on any atom is -0.314 e. The Bertz CT molecular complexity index is 370. The monoisotopic (exact) mass is 291 g/mol. The van der Waals surface area contributed by atoms with Crippen molar-refractivity contribution >= 4 is 10.2 Å². The first-order chi connectivity index (χ1) is 8.84. The summed E-state index contributed by atoms with van der Waals surface area (Å²) in [5, 5.41) is 3.47. The molecule has 1 rings (SSSR count). The molecule has 1 aliphatic rings. The molecule has 1 fully saturated rings. The second-order valence-corrected chi connectivity index (χ2v) is 7.58. The Hall–Kier alpha value is -0.170. The van der Waals surface area contributed by atoms with Crippen molar-refractivity contribution in [3.05, 3.63) is 0 Å². The van der Waals surface area contributed by atoms with Gasteiger partial charge in [0.2, 0.25) is 0 Å². The van der Waals surface area contributed by atoms with Gasteiger partial charge >= 0.3 is 0 Å². The van der Waals surface area contributed by atoms with Crippen LogP contribution in [0, 0.1) is 5.92 Å². The molecule has 1 saturated heterocycles. The van der Waals surface area contributed by atoms with Gasteiger partial charge in [-0.3, -0.25) is 0 Å². The van der Waals surface area contributed by atoms with Gasteiger partial charge in [0.1, 0.15) is 0 Å². The molecule has 0 amide bonds. The molecule has 0 radical (unpaired) electrons. The summed E-state index contributed by atoms with van der Waals surface area (Å²) in [6.45, 7) is 10.2. The third-order valence-electron chi connectivity index (χ3n) is 4.10. The molecule has 0 bridgehead atoms. The summed E-state index contributed by atoms with van der Waals surface area (Å²) in [5.41, 5.74) is 0. The van der Waals surface area contributed by atoms with Crippen LogP contribution < -0.4 is 5.32 Å². The quantitative estimate of drug-likeness (QED) is 0.802. The molecule has 2 atom stereocenters. The highest BCUT2D eigenvalue weighted by Gasteiger charge is 2.36. The number of piperidine rings is 1. The summed E-state index contributed by atoms with van der Waals surface area (Å²) in [7, 11) is -1.64. The SMILES string of the molecule is CCNC1CCN(S(=O)(=O)N(C)C(C)C)CC1CC. The summed E-state index contributed by atoms with van der Waals surface area (Å²) in [4.78, 5) is 0. The minimum absolute atomic E-state index is 0.00318. The lowest BCUT2D eigenvalue weighted by atomic mass is 9.91. The number of hydrogen-bond donors (Lipinski definition) is 1. The smallest absolute Gasteiger partial charge is 0.281 e. The summed E-state index contributed by atoms with van der Waals surface area (Å²) < 4.78 is 28.1. The molecular weight excluding hydrogens is 262 g/mol.